The van der Waals surface area contributed by atoms with Crippen molar-refractivity contribution in [2.24, 2.45) is 5.92 Å². The number of nitrogens with zero attached hydrogens (tertiary/aromatic N) is 3. The third-order valence-electron chi connectivity index (χ3n) is 5.63. The van der Waals surface area contributed by atoms with Crippen molar-refractivity contribution in [1.29, 1.82) is 0 Å². The third-order valence-corrected chi connectivity index (χ3v) is 5.96. The van der Waals surface area contributed by atoms with Crippen molar-refractivity contribution in [3.63, 3.8) is 0 Å². The van der Waals surface area contributed by atoms with E-state index < -0.39 is 16.8 Å². The molecule has 0 saturated carbocycles. The number of nitrogens with one attached hydrogen (secondary N) is 1. The van der Waals surface area contributed by atoms with Crippen LogP contribution in [0.2, 0.25) is 5.02 Å². The first-order valence-corrected chi connectivity index (χ1v) is 10.9. The largest absolute Gasteiger partial charge is 0.417 e. The minimum Gasteiger partial charge on any atom is -0.338 e. The van der Waals surface area contributed by atoms with Crippen LogP contribution in [0.25, 0.3) is 11.4 Å². The van der Waals surface area contributed by atoms with E-state index >= 15 is 0 Å². The van der Waals surface area contributed by atoms with E-state index in [2.05, 4.69) is 15.5 Å². The normalized spacial score (nSPS) is 17.2. The fourth-order valence-corrected chi connectivity index (χ4v) is 4.15. The van der Waals surface area contributed by atoms with Crippen molar-refractivity contribution in [3.05, 3.63) is 64.5 Å². The molecule has 0 spiro atoms. The minimum atomic E-state index is -4.60. The Kier molecular flexibility index (Phi) is 6.71. The molecule has 1 fully saturated rings. The summed E-state index contributed by atoms with van der Waals surface area (Å²) in [6.45, 7) is 3.55. The lowest BCUT2D eigenvalue weighted by atomic mass is 9.97. The van der Waals surface area contributed by atoms with Gasteiger partial charge in [-0.25, -0.2) is 0 Å². The number of benzene rings is 2. The molecule has 1 atom stereocenters. The molecule has 1 saturated heterocycles. The predicted octanol–water partition coefficient (Wildman–Crippen LogP) is 5.57. The van der Waals surface area contributed by atoms with E-state index in [1.165, 1.54) is 6.07 Å². The zero-order valence-electron chi connectivity index (χ0n) is 17.8. The summed E-state index contributed by atoms with van der Waals surface area (Å²) in [6.07, 6.45) is -3.19. The van der Waals surface area contributed by atoms with E-state index in [0.29, 0.717) is 31.2 Å². The van der Waals surface area contributed by atoms with Gasteiger partial charge in [0.2, 0.25) is 17.6 Å². The van der Waals surface area contributed by atoms with Crippen LogP contribution in [0.15, 0.2) is 47.0 Å². The van der Waals surface area contributed by atoms with Gasteiger partial charge in [-0.3, -0.25) is 9.69 Å². The van der Waals surface area contributed by atoms with Crippen LogP contribution in [0, 0.1) is 12.8 Å². The van der Waals surface area contributed by atoms with Crippen molar-refractivity contribution in [3.8, 4) is 11.4 Å². The summed E-state index contributed by atoms with van der Waals surface area (Å²) in [6, 6.07) is 11.1. The lowest BCUT2D eigenvalue weighted by Gasteiger charge is -2.30. The van der Waals surface area contributed by atoms with Crippen LogP contribution in [0.5, 0.6) is 0 Å². The minimum absolute atomic E-state index is 0.0635. The number of piperidine rings is 1. The number of anilines is 1. The Labute approximate surface area is 193 Å². The maximum Gasteiger partial charge on any atom is 0.417 e. The maximum absolute atomic E-state index is 13.1. The molecule has 2 heterocycles. The highest BCUT2D eigenvalue weighted by Gasteiger charge is 2.34. The van der Waals surface area contributed by atoms with Gasteiger partial charge in [0, 0.05) is 17.8 Å². The average molecular weight is 479 g/mol. The molecule has 10 heteroatoms. The summed E-state index contributed by atoms with van der Waals surface area (Å²) in [5.41, 5.74) is 1.02. The van der Waals surface area contributed by atoms with E-state index in [1.807, 2.05) is 36.1 Å². The fraction of sp³-hybridized carbons (Fsp3) is 0.348. The van der Waals surface area contributed by atoms with Crippen LogP contribution in [-0.4, -0.2) is 34.0 Å². The number of alkyl halides is 3. The van der Waals surface area contributed by atoms with Crippen LogP contribution in [0.4, 0.5) is 18.9 Å². The Hall–Kier alpha value is -2.91. The molecule has 1 aliphatic heterocycles. The van der Waals surface area contributed by atoms with Gasteiger partial charge in [-0.2, -0.15) is 18.2 Å². The second kappa shape index (κ2) is 9.52. The first kappa shape index (κ1) is 23.3. The number of aromatic nitrogens is 2. The van der Waals surface area contributed by atoms with Gasteiger partial charge >= 0.3 is 6.18 Å². The van der Waals surface area contributed by atoms with Crippen LogP contribution < -0.4 is 5.32 Å². The lowest BCUT2D eigenvalue weighted by molar-refractivity contribution is -0.137. The van der Waals surface area contributed by atoms with Gasteiger partial charge in [-0.15, -0.1) is 0 Å². The molecule has 0 bridgehead atoms. The van der Waals surface area contributed by atoms with E-state index in [-0.39, 0.29) is 17.5 Å². The smallest absolute Gasteiger partial charge is 0.338 e. The second-order valence-corrected chi connectivity index (χ2v) is 8.49. The topological polar surface area (TPSA) is 71.3 Å². The van der Waals surface area contributed by atoms with Crippen molar-refractivity contribution in [2.75, 3.05) is 18.4 Å². The molecule has 1 unspecified atom stereocenters. The van der Waals surface area contributed by atoms with Crippen molar-refractivity contribution in [1.82, 2.24) is 15.0 Å². The van der Waals surface area contributed by atoms with Gasteiger partial charge in [0.05, 0.1) is 23.0 Å². The first-order valence-electron chi connectivity index (χ1n) is 10.5. The van der Waals surface area contributed by atoms with Crippen molar-refractivity contribution in [2.45, 2.75) is 32.5 Å². The summed E-state index contributed by atoms with van der Waals surface area (Å²) >= 11 is 5.65. The van der Waals surface area contributed by atoms with E-state index in [1.54, 1.807) is 0 Å². The highest BCUT2D eigenvalue weighted by Crippen LogP contribution is 2.36. The molecule has 6 nitrogen and oxygen atoms in total. The van der Waals surface area contributed by atoms with Crippen molar-refractivity contribution >= 4 is 23.2 Å². The molecule has 174 valence electrons. The predicted molar refractivity (Wildman–Crippen MR) is 118 cm³/mol. The van der Waals surface area contributed by atoms with Crippen LogP contribution in [0.3, 0.4) is 0 Å². The van der Waals surface area contributed by atoms with Gasteiger partial charge in [-0.1, -0.05) is 41.0 Å². The quantitative estimate of drug-likeness (QED) is 0.519. The second-order valence-electron chi connectivity index (χ2n) is 8.08. The zero-order valence-corrected chi connectivity index (χ0v) is 18.6. The highest BCUT2D eigenvalue weighted by molar-refractivity contribution is 6.31. The number of carbonyl (C=O) groups excluding carboxylic acids is 1. The first-order chi connectivity index (χ1) is 15.7. The Bertz CT molecular complexity index is 1150. The number of aryl methyl sites for hydroxylation is 1. The Balaban J connectivity index is 1.39. The molecule has 1 amide bonds. The van der Waals surface area contributed by atoms with E-state index in [0.717, 1.165) is 36.2 Å². The molecule has 0 radical (unpaired) electrons. The molecule has 2 aromatic carbocycles. The monoisotopic (exact) mass is 478 g/mol. The molecule has 0 aliphatic carbocycles. The summed E-state index contributed by atoms with van der Waals surface area (Å²) < 4.78 is 44.7. The summed E-state index contributed by atoms with van der Waals surface area (Å²) in [4.78, 5) is 19.2. The Morgan fingerprint density at radius 3 is 2.82 bits per heavy atom. The standard InChI is InChI=1S/C23H22ClF3N4O2/c1-14-5-2-3-7-17(14)21-29-20(33-30-21)13-31-10-4-6-15(12-31)22(32)28-16-8-9-19(24)18(11-16)23(25,26)27/h2-3,5,7-9,11,15H,4,6,10,12-13H2,1H3,(H,28,32). The summed E-state index contributed by atoms with van der Waals surface area (Å²) in [5.74, 6) is 0.253. The van der Waals surface area contributed by atoms with Crippen LogP contribution in [-0.2, 0) is 17.5 Å². The number of amides is 1. The van der Waals surface area contributed by atoms with Crippen LogP contribution in [0.1, 0.15) is 29.9 Å². The number of likely N-dealkylation sites (tertiary alicyclic amines) is 1. The molecular weight excluding hydrogens is 457 g/mol. The number of rotatable bonds is 5. The lowest BCUT2D eigenvalue weighted by Crippen LogP contribution is -2.40. The number of hydrogen-bond donors (Lipinski definition) is 1. The Morgan fingerprint density at radius 2 is 2.06 bits per heavy atom. The molecule has 4 rings (SSSR count). The summed E-state index contributed by atoms with van der Waals surface area (Å²) in [5, 5.41) is 6.25. The third kappa shape index (κ3) is 5.54. The molecule has 1 N–H and O–H groups in total. The fourth-order valence-electron chi connectivity index (χ4n) is 3.92. The van der Waals surface area contributed by atoms with Gasteiger partial charge in [0.15, 0.2) is 0 Å². The Morgan fingerprint density at radius 1 is 1.27 bits per heavy atom. The van der Waals surface area contributed by atoms with Crippen LogP contribution >= 0.6 is 11.6 Å². The molecule has 33 heavy (non-hydrogen) atoms. The summed E-state index contributed by atoms with van der Waals surface area (Å²) in [7, 11) is 0. The number of hydrogen-bond acceptors (Lipinski definition) is 5. The highest BCUT2D eigenvalue weighted by atomic mass is 35.5. The van der Waals surface area contributed by atoms with E-state index in [9.17, 15) is 18.0 Å². The molecule has 1 aromatic heterocycles. The number of halogens is 4. The van der Waals surface area contributed by atoms with Gasteiger partial charge < -0.3 is 9.84 Å². The molecule has 3 aromatic rings. The average Bonchev–Trinajstić information content (AvgIpc) is 3.23. The van der Waals surface area contributed by atoms with Gasteiger partial charge in [-0.05, 0) is 50.1 Å². The van der Waals surface area contributed by atoms with E-state index in [4.69, 9.17) is 16.1 Å². The SMILES string of the molecule is Cc1ccccc1-c1noc(CN2CCCC(C(=O)Nc3ccc(Cl)c(C(F)(F)F)c3)C2)n1. The van der Waals surface area contributed by atoms with Crippen molar-refractivity contribution < 1.29 is 22.5 Å². The number of carbonyl (C=O) groups is 1. The molecular formula is C23H22ClF3N4O2. The zero-order chi connectivity index (χ0) is 23.6. The van der Waals surface area contributed by atoms with Gasteiger partial charge in [0.1, 0.15) is 0 Å². The van der Waals surface area contributed by atoms with Gasteiger partial charge in [0.25, 0.3) is 0 Å². The molecule has 1 aliphatic rings. The maximum atomic E-state index is 13.1.